The zero-order chi connectivity index (χ0) is 14.6. The minimum atomic E-state index is -0.274. The van der Waals surface area contributed by atoms with Crippen LogP contribution in [0.1, 0.15) is 25.3 Å². The lowest BCUT2D eigenvalue weighted by Gasteiger charge is -2.09. The molecule has 0 aliphatic rings. The molecule has 1 rings (SSSR count). The normalized spacial score (nSPS) is 10.3. The standard InChI is InChI=1S/C15H24N2O3/c1-3-4-5-13-6-8-14(9-7-13)17-15(18)16-12-20-11-10-19-2/h6-9H,3-5,10-12H2,1-2H3,(H2,16,17,18). The van der Waals surface area contributed by atoms with Crippen LogP contribution in [0.5, 0.6) is 0 Å². The van der Waals surface area contributed by atoms with E-state index in [4.69, 9.17) is 9.47 Å². The van der Waals surface area contributed by atoms with E-state index < -0.39 is 0 Å². The molecule has 0 aliphatic heterocycles. The van der Waals surface area contributed by atoms with Gasteiger partial charge >= 0.3 is 6.03 Å². The first kappa shape index (κ1) is 16.5. The van der Waals surface area contributed by atoms with Crippen molar-refractivity contribution >= 4 is 11.7 Å². The molecule has 0 heterocycles. The lowest BCUT2D eigenvalue weighted by Crippen LogP contribution is -2.31. The quantitative estimate of drug-likeness (QED) is 0.540. The van der Waals surface area contributed by atoms with Crippen molar-refractivity contribution < 1.29 is 14.3 Å². The Morgan fingerprint density at radius 2 is 1.95 bits per heavy atom. The molecule has 5 heteroatoms. The first-order valence-electron chi connectivity index (χ1n) is 6.96. The molecule has 0 aromatic heterocycles. The van der Waals surface area contributed by atoms with E-state index in [1.165, 1.54) is 18.4 Å². The molecule has 0 spiro atoms. The van der Waals surface area contributed by atoms with Crippen molar-refractivity contribution in [1.82, 2.24) is 5.32 Å². The van der Waals surface area contributed by atoms with Crippen LogP contribution >= 0.6 is 0 Å². The van der Waals surface area contributed by atoms with E-state index in [1.54, 1.807) is 7.11 Å². The Morgan fingerprint density at radius 3 is 2.60 bits per heavy atom. The van der Waals surface area contributed by atoms with Gasteiger partial charge in [0, 0.05) is 12.8 Å². The molecule has 5 nitrogen and oxygen atoms in total. The summed E-state index contributed by atoms with van der Waals surface area (Å²) in [5.74, 6) is 0. The van der Waals surface area contributed by atoms with E-state index in [-0.39, 0.29) is 12.8 Å². The summed E-state index contributed by atoms with van der Waals surface area (Å²) in [6.45, 7) is 3.32. The number of anilines is 1. The van der Waals surface area contributed by atoms with Gasteiger partial charge in [0.05, 0.1) is 13.2 Å². The third-order valence-electron chi connectivity index (χ3n) is 2.80. The van der Waals surface area contributed by atoms with Gasteiger partial charge in [-0.2, -0.15) is 0 Å². The van der Waals surface area contributed by atoms with Crippen molar-refractivity contribution in [2.45, 2.75) is 26.2 Å². The summed E-state index contributed by atoms with van der Waals surface area (Å²) in [6.07, 6.45) is 3.45. The molecule has 2 N–H and O–H groups in total. The minimum Gasteiger partial charge on any atom is -0.382 e. The number of methoxy groups -OCH3 is 1. The first-order chi connectivity index (χ1) is 9.76. The second-order valence-corrected chi connectivity index (χ2v) is 4.48. The Balaban J connectivity index is 2.24. The summed E-state index contributed by atoms with van der Waals surface area (Å²) in [7, 11) is 1.60. The topological polar surface area (TPSA) is 59.6 Å². The van der Waals surface area contributed by atoms with Crippen LogP contribution in [0.15, 0.2) is 24.3 Å². The molecule has 0 saturated carbocycles. The number of urea groups is 1. The van der Waals surface area contributed by atoms with E-state index in [9.17, 15) is 4.79 Å². The fourth-order valence-corrected chi connectivity index (χ4v) is 1.64. The van der Waals surface area contributed by atoms with Crippen molar-refractivity contribution in [3.05, 3.63) is 29.8 Å². The van der Waals surface area contributed by atoms with Crippen molar-refractivity contribution in [1.29, 1.82) is 0 Å². The van der Waals surface area contributed by atoms with E-state index in [1.807, 2.05) is 24.3 Å². The van der Waals surface area contributed by atoms with Crippen molar-refractivity contribution in [2.75, 3.05) is 32.4 Å². The Morgan fingerprint density at radius 1 is 1.20 bits per heavy atom. The minimum absolute atomic E-state index is 0.170. The number of amides is 2. The second-order valence-electron chi connectivity index (χ2n) is 4.48. The Bertz CT molecular complexity index is 379. The van der Waals surface area contributed by atoms with Gasteiger partial charge in [-0.1, -0.05) is 25.5 Å². The van der Waals surface area contributed by atoms with Crippen LogP contribution in [0.4, 0.5) is 10.5 Å². The second kappa shape index (κ2) is 10.2. The molecule has 0 saturated heterocycles. The van der Waals surface area contributed by atoms with Crippen LogP contribution in [0.25, 0.3) is 0 Å². The number of hydrogen-bond donors (Lipinski definition) is 2. The number of rotatable bonds is 9. The fraction of sp³-hybridized carbons (Fsp3) is 0.533. The molecular formula is C15H24N2O3. The Kier molecular flexibility index (Phi) is 8.42. The van der Waals surface area contributed by atoms with Crippen LogP contribution in [-0.4, -0.2) is 33.1 Å². The van der Waals surface area contributed by atoms with E-state index in [0.717, 1.165) is 12.1 Å². The molecule has 0 radical (unpaired) electrons. The lowest BCUT2D eigenvalue weighted by molar-refractivity contribution is 0.0650. The number of carbonyl (C=O) groups excluding carboxylic acids is 1. The van der Waals surface area contributed by atoms with E-state index in [2.05, 4.69) is 17.6 Å². The smallest absolute Gasteiger partial charge is 0.321 e. The zero-order valence-electron chi connectivity index (χ0n) is 12.3. The molecule has 0 unspecified atom stereocenters. The fourth-order valence-electron chi connectivity index (χ4n) is 1.64. The highest BCUT2D eigenvalue weighted by atomic mass is 16.5. The maximum absolute atomic E-state index is 11.6. The highest BCUT2D eigenvalue weighted by Crippen LogP contribution is 2.11. The van der Waals surface area contributed by atoms with Gasteiger partial charge in [0.1, 0.15) is 6.73 Å². The van der Waals surface area contributed by atoms with Crippen molar-refractivity contribution in [3.63, 3.8) is 0 Å². The SMILES string of the molecule is CCCCc1ccc(NC(=O)NCOCCOC)cc1. The predicted octanol–water partition coefficient (Wildman–Crippen LogP) is 2.77. The molecule has 1 aromatic carbocycles. The monoisotopic (exact) mass is 280 g/mol. The average Bonchev–Trinajstić information content (AvgIpc) is 2.46. The largest absolute Gasteiger partial charge is 0.382 e. The van der Waals surface area contributed by atoms with E-state index >= 15 is 0 Å². The van der Waals surface area contributed by atoms with Gasteiger partial charge in [0.15, 0.2) is 0 Å². The molecule has 0 aliphatic carbocycles. The third kappa shape index (κ3) is 7.11. The number of carbonyl (C=O) groups is 1. The molecular weight excluding hydrogens is 256 g/mol. The van der Waals surface area contributed by atoms with Gasteiger partial charge in [-0.05, 0) is 30.5 Å². The molecule has 0 atom stereocenters. The third-order valence-corrected chi connectivity index (χ3v) is 2.80. The summed E-state index contributed by atoms with van der Waals surface area (Å²) < 4.78 is 9.98. The Labute approximate surface area is 120 Å². The Hall–Kier alpha value is -1.59. The highest BCUT2D eigenvalue weighted by Gasteiger charge is 2.01. The summed E-state index contributed by atoms with van der Waals surface area (Å²) in [5.41, 5.74) is 2.07. The van der Waals surface area contributed by atoms with Gasteiger partial charge < -0.3 is 20.1 Å². The molecule has 2 amide bonds. The van der Waals surface area contributed by atoms with Gasteiger partial charge in [-0.3, -0.25) is 0 Å². The van der Waals surface area contributed by atoms with Gasteiger partial charge in [-0.25, -0.2) is 4.79 Å². The summed E-state index contributed by atoms with van der Waals surface area (Å²) >= 11 is 0. The van der Waals surface area contributed by atoms with Gasteiger partial charge in [0.2, 0.25) is 0 Å². The van der Waals surface area contributed by atoms with E-state index in [0.29, 0.717) is 13.2 Å². The highest BCUT2D eigenvalue weighted by molar-refractivity contribution is 5.89. The molecule has 0 bridgehead atoms. The average molecular weight is 280 g/mol. The van der Waals surface area contributed by atoms with Gasteiger partial charge in [0.25, 0.3) is 0 Å². The summed E-state index contributed by atoms with van der Waals surface area (Å²) in [4.78, 5) is 11.6. The summed E-state index contributed by atoms with van der Waals surface area (Å²) in [5, 5.41) is 5.37. The summed E-state index contributed by atoms with van der Waals surface area (Å²) in [6, 6.07) is 7.64. The molecule has 0 fully saturated rings. The zero-order valence-corrected chi connectivity index (χ0v) is 12.3. The van der Waals surface area contributed by atoms with Crippen LogP contribution in [-0.2, 0) is 15.9 Å². The molecule has 112 valence electrons. The molecule has 20 heavy (non-hydrogen) atoms. The maximum Gasteiger partial charge on any atom is 0.321 e. The molecule has 1 aromatic rings. The predicted molar refractivity (Wildman–Crippen MR) is 79.9 cm³/mol. The number of nitrogens with one attached hydrogen (secondary N) is 2. The maximum atomic E-state index is 11.6. The number of unbranched alkanes of at least 4 members (excludes halogenated alkanes) is 1. The van der Waals surface area contributed by atoms with Crippen molar-refractivity contribution in [2.24, 2.45) is 0 Å². The van der Waals surface area contributed by atoms with Crippen LogP contribution in [0, 0.1) is 0 Å². The van der Waals surface area contributed by atoms with Gasteiger partial charge in [-0.15, -0.1) is 0 Å². The number of ether oxygens (including phenoxy) is 2. The number of aryl methyl sites for hydroxylation is 1. The lowest BCUT2D eigenvalue weighted by atomic mass is 10.1. The van der Waals surface area contributed by atoms with Crippen molar-refractivity contribution in [3.8, 4) is 0 Å². The van der Waals surface area contributed by atoms with Crippen LogP contribution in [0.3, 0.4) is 0 Å². The first-order valence-corrected chi connectivity index (χ1v) is 6.96. The number of benzene rings is 1. The number of hydrogen-bond acceptors (Lipinski definition) is 3. The van der Waals surface area contributed by atoms with Crippen LogP contribution in [0.2, 0.25) is 0 Å². The van der Waals surface area contributed by atoms with Crippen LogP contribution < -0.4 is 10.6 Å².